The molecular weight excluding hydrogens is 411 g/mol. The van der Waals surface area contributed by atoms with Gasteiger partial charge in [0.15, 0.2) is 10.8 Å². The van der Waals surface area contributed by atoms with Crippen LogP contribution in [-0.2, 0) is 0 Å². The van der Waals surface area contributed by atoms with Gasteiger partial charge >= 0.3 is 0 Å². The van der Waals surface area contributed by atoms with Gasteiger partial charge in [-0.3, -0.25) is 10.1 Å². The number of hydrogen-bond donors (Lipinski definition) is 2. The van der Waals surface area contributed by atoms with E-state index in [9.17, 15) is 4.39 Å². The molecule has 31 heavy (non-hydrogen) atoms. The third-order valence-electron chi connectivity index (χ3n) is 4.94. The number of pyridine rings is 2. The smallest absolute Gasteiger partial charge is 0.181 e. The van der Waals surface area contributed by atoms with Crippen LogP contribution in [0.5, 0.6) is 0 Å². The molecule has 0 spiro atoms. The molecule has 0 bridgehead atoms. The molecule has 0 saturated heterocycles. The van der Waals surface area contributed by atoms with Crippen molar-refractivity contribution in [3.05, 3.63) is 72.2 Å². The summed E-state index contributed by atoms with van der Waals surface area (Å²) in [7, 11) is 0. The number of hydrogen-bond acceptors (Lipinski definition) is 5. The monoisotopic (exact) mass is 428 g/mol. The second kappa shape index (κ2) is 7.73. The minimum atomic E-state index is -0.215. The maximum absolute atomic E-state index is 13.6. The van der Waals surface area contributed by atoms with Gasteiger partial charge in [-0.1, -0.05) is 18.7 Å². The Hall–Kier alpha value is -3.91. The number of nitrogens with one attached hydrogen (secondary N) is 2. The summed E-state index contributed by atoms with van der Waals surface area (Å²) < 4.78 is 13.6. The lowest BCUT2D eigenvalue weighted by atomic mass is 10.1. The first-order valence-corrected chi connectivity index (χ1v) is 10.4. The Morgan fingerprint density at radius 3 is 2.87 bits per heavy atom. The molecule has 0 aliphatic rings. The van der Waals surface area contributed by atoms with Gasteiger partial charge in [0, 0.05) is 45.4 Å². The van der Waals surface area contributed by atoms with Gasteiger partial charge in [-0.15, -0.1) is 11.3 Å². The predicted octanol–water partition coefficient (Wildman–Crippen LogP) is 5.99. The van der Waals surface area contributed by atoms with Crippen LogP contribution in [0, 0.1) is 5.13 Å². The number of halogens is 1. The van der Waals surface area contributed by atoms with Gasteiger partial charge in [-0.25, -0.2) is 9.97 Å². The van der Waals surface area contributed by atoms with Crippen LogP contribution in [0.4, 0.5) is 4.39 Å². The van der Waals surface area contributed by atoms with Crippen molar-refractivity contribution in [2.45, 2.75) is 6.92 Å². The number of H-pyrrole nitrogens is 2. The van der Waals surface area contributed by atoms with Crippen LogP contribution in [0.15, 0.2) is 66.4 Å². The van der Waals surface area contributed by atoms with E-state index < -0.39 is 0 Å². The molecule has 0 unspecified atom stereocenters. The molecule has 6 nitrogen and oxygen atoms in total. The molecule has 0 aliphatic heterocycles. The van der Waals surface area contributed by atoms with E-state index in [1.54, 1.807) is 30.8 Å². The van der Waals surface area contributed by atoms with Gasteiger partial charge in [0.2, 0.25) is 0 Å². The Balaban J connectivity index is 1.65. The number of thiophene rings is 1. The van der Waals surface area contributed by atoms with Gasteiger partial charge in [-0.05, 0) is 37.3 Å². The first kappa shape index (κ1) is 19.1. The summed E-state index contributed by atoms with van der Waals surface area (Å²) in [4.78, 5) is 17.5. The van der Waals surface area contributed by atoms with Crippen LogP contribution >= 0.6 is 11.3 Å². The number of rotatable bonds is 5. The first-order chi connectivity index (χ1) is 15.2. The Morgan fingerprint density at radius 2 is 2.10 bits per heavy atom. The number of aromatic amines is 2. The maximum atomic E-state index is 13.6. The van der Waals surface area contributed by atoms with Crippen LogP contribution in [0.1, 0.15) is 12.5 Å². The summed E-state index contributed by atoms with van der Waals surface area (Å²) in [5.74, 6) is 0. The highest BCUT2D eigenvalue weighted by Crippen LogP contribution is 2.35. The van der Waals surface area contributed by atoms with Crippen molar-refractivity contribution in [2.24, 2.45) is 4.99 Å². The van der Waals surface area contributed by atoms with Crippen molar-refractivity contribution in [1.29, 1.82) is 0 Å². The number of aliphatic imine (C=N–C) groups is 1. The van der Waals surface area contributed by atoms with Crippen LogP contribution in [0.25, 0.3) is 49.6 Å². The SMILES string of the molecule is C=CC=N/C(=C\C)c1cnc2n[nH]c(-c3cc4c(-c5ccc(F)s5)ccnc4[nH]3)c2c1. The van der Waals surface area contributed by atoms with Gasteiger partial charge in [0.25, 0.3) is 0 Å². The molecule has 8 heteroatoms. The molecule has 5 rings (SSSR count). The lowest BCUT2D eigenvalue weighted by molar-refractivity contribution is 0.657. The first-order valence-electron chi connectivity index (χ1n) is 9.57. The zero-order valence-electron chi connectivity index (χ0n) is 16.6. The predicted molar refractivity (Wildman–Crippen MR) is 125 cm³/mol. The van der Waals surface area contributed by atoms with Crippen LogP contribution in [0.2, 0.25) is 0 Å². The van der Waals surface area contributed by atoms with Crippen molar-refractivity contribution in [1.82, 2.24) is 25.1 Å². The summed E-state index contributed by atoms with van der Waals surface area (Å²) in [6.07, 6.45) is 8.67. The lowest BCUT2D eigenvalue weighted by Crippen LogP contribution is -1.86. The zero-order chi connectivity index (χ0) is 21.4. The topological polar surface area (TPSA) is 82.6 Å². The van der Waals surface area contributed by atoms with Crippen LogP contribution in [0.3, 0.4) is 0 Å². The van der Waals surface area contributed by atoms with E-state index in [4.69, 9.17) is 0 Å². The summed E-state index contributed by atoms with van der Waals surface area (Å²) in [5.41, 5.74) is 5.55. The normalized spacial score (nSPS) is 12.4. The molecule has 0 saturated carbocycles. The average Bonchev–Trinajstić information content (AvgIpc) is 3.51. The molecule has 5 aromatic rings. The minimum absolute atomic E-state index is 0.215. The maximum Gasteiger partial charge on any atom is 0.181 e. The molecule has 0 aromatic carbocycles. The van der Waals surface area contributed by atoms with E-state index in [1.807, 2.05) is 31.2 Å². The largest absolute Gasteiger partial charge is 0.338 e. The molecular formula is C23H17FN6S. The summed E-state index contributed by atoms with van der Waals surface area (Å²) in [5, 5.41) is 8.98. The quantitative estimate of drug-likeness (QED) is 0.338. The average molecular weight is 428 g/mol. The highest BCUT2D eigenvalue weighted by atomic mass is 32.1. The molecule has 152 valence electrons. The van der Waals surface area contributed by atoms with Crippen LogP contribution < -0.4 is 0 Å². The van der Waals surface area contributed by atoms with Crippen LogP contribution in [-0.4, -0.2) is 31.4 Å². The van der Waals surface area contributed by atoms with E-state index in [1.165, 1.54) is 6.07 Å². The van der Waals surface area contributed by atoms with E-state index in [-0.39, 0.29) is 5.13 Å². The fourth-order valence-corrected chi connectivity index (χ4v) is 4.30. The Bertz CT molecular complexity index is 1490. The van der Waals surface area contributed by atoms with E-state index >= 15 is 0 Å². The number of allylic oxidation sites excluding steroid dienone is 2. The summed E-state index contributed by atoms with van der Waals surface area (Å²) >= 11 is 1.11. The van der Waals surface area contributed by atoms with Gasteiger partial charge in [0.05, 0.1) is 17.1 Å². The van der Waals surface area contributed by atoms with Crippen molar-refractivity contribution < 1.29 is 4.39 Å². The summed E-state index contributed by atoms with van der Waals surface area (Å²) in [6, 6.07) is 9.16. The van der Waals surface area contributed by atoms with E-state index in [0.717, 1.165) is 60.8 Å². The molecule has 5 aromatic heterocycles. The highest BCUT2D eigenvalue weighted by Gasteiger charge is 2.16. The van der Waals surface area contributed by atoms with Crippen molar-refractivity contribution in [2.75, 3.05) is 0 Å². The number of aromatic nitrogens is 5. The fourth-order valence-electron chi connectivity index (χ4n) is 3.53. The molecule has 0 atom stereocenters. The Morgan fingerprint density at radius 1 is 1.19 bits per heavy atom. The lowest BCUT2D eigenvalue weighted by Gasteiger charge is -2.01. The second-order valence-electron chi connectivity index (χ2n) is 6.79. The molecule has 0 amide bonds. The molecule has 2 N–H and O–H groups in total. The van der Waals surface area contributed by atoms with Crippen molar-refractivity contribution in [3.63, 3.8) is 0 Å². The van der Waals surface area contributed by atoms with Gasteiger partial charge in [-0.2, -0.15) is 9.49 Å². The van der Waals surface area contributed by atoms with Crippen molar-refractivity contribution >= 4 is 45.3 Å². The molecule has 5 heterocycles. The van der Waals surface area contributed by atoms with Crippen molar-refractivity contribution in [3.8, 4) is 21.8 Å². The number of nitrogens with zero attached hydrogens (tertiary/aromatic N) is 4. The molecule has 0 fully saturated rings. The zero-order valence-corrected chi connectivity index (χ0v) is 17.4. The Labute approximate surface area is 180 Å². The molecule has 0 aliphatic carbocycles. The molecule has 0 radical (unpaired) electrons. The Kier molecular flexibility index (Phi) is 4.76. The third kappa shape index (κ3) is 3.36. The standard InChI is InChI=1S/C23H17FN6S/c1-3-8-25-17(4-2)13-10-16-21(29-30-23(16)27-12-13)18-11-15-14(7-9-26-22(15)28-18)19-5-6-20(24)31-19/h3-12H,1H2,2H3,(H,26,28)(H,27,29,30)/b17-4-,25-8?. The highest BCUT2D eigenvalue weighted by molar-refractivity contribution is 7.14. The number of fused-ring (bicyclic) bond motifs is 2. The van der Waals surface area contributed by atoms with Gasteiger partial charge < -0.3 is 4.98 Å². The minimum Gasteiger partial charge on any atom is -0.338 e. The van der Waals surface area contributed by atoms with Gasteiger partial charge in [0.1, 0.15) is 5.65 Å². The fraction of sp³-hybridized carbons (Fsp3) is 0.0435. The summed E-state index contributed by atoms with van der Waals surface area (Å²) in [6.45, 7) is 5.59. The third-order valence-corrected chi connectivity index (χ3v) is 5.84. The van der Waals surface area contributed by atoms with E-state index in [2.05, 4.69) is 36.7 Å². The second-order valence-corrected chi connectivity index (χ2v) is 7.82. The van der Waals surface area contributed by atoms with E-state index in [0.29, 0.717) is 5.65 Å².